The highest BCUT2D eigenvalue weighted by atomic mass is 19.1. The Hall–Kier alpha value is -3.46. The van der Waals surface area contributed by atoms with Crippen LogP contribution in [0.5, 0.6) is 5.75 Å². The van der Waals surface area contributed by atoms with Crippen molar-refractivity contribution in [3.8, 4) is 5.75 Å². The lowest BCUT2D eigenvalue weighted by Gasteiger charge is -2.41. The number of benzene rings is 2. The first-order valence-electron chi connectivity index (χ1n) is 10.3. The van der Waals surface area contributed by atoms with E-state index in [0.29, 0.717) is 29.3 Å². The molecule has 9 heteroatoms. The third-order valence-corrected chi connectivity index (χ3v) is 5.79. The number of ether oxygens (including phenoxy) is 1. The molecule has 0 bridgehead atoms. The van der Waals surface area contributed by atoms with E-state index in [4.69, 9.17) is 15.5 Å². The summed E-state index contributed by atoms with van der Waals surface area (Å²) in [6.45, 7) is 5.36. The Kier molecular flexibility index (Phi) is 4.82. The third kappa shape index (κ3) is 3.50. The van der Waals surface area contributed by atoms with Gasteiger partial charge in [-0.2, -0.15) is 4.52 Å². The Balaban J connectivity index is 1.38. The zero-order valence-electron chi connectivity index (χ0n) is 17.5. The highest BCUT2D eigenvalue weighted by Gasteiger charge is 2.25. The van der Waals surface area contributed by atoms with Gasteiger partial charge in [0.1, 0.15) is 17.1 Å². The van der Waals surface area contributed by atoms with Gasteiger partial charge in [-0.3, -0.25) is 4.90 Å². The number of nitrogens with zero attached hydrogens (tertiary/aromatic N) is 6. The van der Waals surface area contributed by atoms with Gasteiger partial charge in [-0.25, -0.2) is 14.4 Å². The van der Waals surface area contributed by atoms with Crippen LogP contribution in [0.25, 0.3) is 16.6 Å². The van der Waals surface area contributed by atoms with Crippen LogP contribution in [-0.4, -0.2) is 57.3 Å². The SMILES string of the molecule is COc1cccc2c1nc(N)n1nc(CN3CCN(c4ccc(F)cc4)[C@@H](C)C3)nc21. The van der Waals surface area contributed by atoms with Gasteiger partial charge in [0, 0.05) is 36.7 Å². The van der Waals surface area contributed by atoms with Crippen molar-refractivity contribution < 1.29 is 9.13 Å². The summed E-state index contributed by atoms with van der Waals surface area (Å²) in [5.74, 6) is 1.42. The number of hydrogen-bond acceptors (Lipinski definition) is 7. The molecular weight excluding hydrogens is 397 g/mol. The molecular formula is C22H24FN7O. The topological polar surface area (TPSA) is 84.8 Å². The van der Waals surface area contributed by atoms with Crippen LogP contribution >= 0.6 is 0 Å². The smallest absolute Gasteiger partial charge is 0.223 e. The molecule has 160 valence electrons. The summed E-state index contributed by atoms with van der Waals surface area (Å²) in [7, 11) is 1.61. The first-order chi connectivity index (χ1) is 15.0. The van der Waals surface area contributed by atoms with Crippen LogP contribution in [0.2, 0.25) is 0 Å². The second-order valence-corrected chi connectivity index (χ2v) is 7.84. The van der Waals surface area contributed by atoms with Crippen LogP contribution in [0.4, 0.5) is 16.0 Å². The molecule has 1 saturated heterocycles. The normalized spacial score (nSPS) is 17.5. The summed E-state index contributed by atoms with van der Waals surface area (Å²) in [4.78, 5) is 13.9. The van der Waals surface area contributed by atoms with E-state index in [1.807, 2.05) is 30.3 Å². The minimum absolute atomic E-state index is 0.216. The van der Waals surface area contributed by atoms with E-state index < -0.39 is 0 Å². The number of nitrogen functional groups attached to an aromatic ring is 1. The highest BCUT2D eigenvalue weighted by Crippen LogP contribution is 2.28. The Morgan fingerprint density at radius 1 is 1.13 bits per heavy atom. The summed E-state index contributed by atoms with van der Waals surface area (Å²) in [6, 6.07) is 12.7. The molecule has 2 aromatic carbocycles. The van der Waals surface area contributed by atoms with Crippen molar-refractivity contribution in [1.29, 1.82) is 0 Å². The molecule has 2 N–H and O–H groups in total. The van der Waals surface area contributed by atoms with Crippen LogP contribution in [0.3, 0.4) is 0 Å². The summed E-state index contributed by atoms with van der Waals surface area (Å²) in [5.41, 5.74) is 8.55. The number of fused-ring (bicyclic) bond motifs is 3. The number of aromatic nitrogens is 4. The first kappa shape index (κ1) is 19.5. The number of rotatable bonds is 4. The number of hydrogen-bond donors (Lipinski definition) is 1. The van der Waals surface area contributed by atoms with Gasteiger partial charge in [-0.05, 0) is 43.3 Å². The maximum Gasteiger partial charge on any atom is 0.223 e. The second-order valence-electron chi connectivity index (χ2n) is 7.84. The Morgan fingerprint density at radius 2 is 1.94 bits per heavy atom. The molecule has 0 amide bonds. The second kappa shape index (κ2) is 7.66. The van der Waals surface area contributed by atoms with Gasteiger partial charge < -0.3 is 15.4 Å². The van der Waals surface area contributed by atoms with E-state index in [1.165, 1.54) is 12.1 Å². The predicted octanol–water partition coefficient (Wildman–Crippen LogP) is 2.72. The van der Waals surface area contributed by atoms with E-state index in [2.05, 4.69) is 26.8 Å². The average Bonchev–Trinajstić information content (AvgIpc) is 3.19. The Labute approximate surface area is 179 Å². The predicted molar refractivity (Wildman–Crippen MR) is 118 cm³/mol. The maximum absolute atomic E-state index is 13.2. The third-order valence-electron chi connectivity index (χ3n) is 5.79. The van der Waals surface area contributed by atoms with E-state index in [-0.39, 0.29) is 17.8 Å². The quantitative estimate of drug-likeness (QED) is 0.542. The lowest BCUT2D eigenvalue weighted by Crippen LogP contribution is -2.51. The van der Waals surface area contributed by atoms with Gasteiger partial charge in [0.25, 0.3) is 0 Å². The van der Waals surface area contributed by atoms with Crippen LogP contribution in [0.1, 0.15) is 12.7 Å². The Morgan fingerprint density at radius 3 is 2.68 bits per heavy atom. The molecule has 4 aromatic rings. The van der Waals surface area contributed by atoms with Crippen LogP contribution in [0, 0.1) is 5.82 Å². The summed E-state index contributed by atoms with van der Waals surface area (Å²) < 4.78 is 20.3. The molecule has 0 aliphatic carbocycles. The van der Waals surface area contributed by atoms with E-state index in [0.717, 1.165) is 30.7 Å². The fourth-order valence-electron chi connectivity index (χ4n) is 4.29. The number of piperazine rings is 1. The molecule has 31 heavy (non-hydrogen) atoms. The fraction of sp³-hybridized carbons (Fsp3) is 0.318. The van der Waals surface area contributed by atoms with Crippen molar-refractivity contribution in [1.82, 2.24) is 24.5 Å². The number of nitrogens with two attached hydrogens (primary N) is 1. The molecule has 0 spiro atoms. The van der Waals surface area contributed by atoms with Crippen LogP contribution in [-0.2, 0) is 6.54 Å². The largest absolute Gasteiger partial charge is 0.494 e. The lowest BCUT2D eigenvalue weighted by molar-refractivity contribution is 0.216. The number of methoxy groups -OCH3 is 1. The van der Waals surface area contributed by atoms with Crippen molar-refractivity contribution in [3.05, 3.63) is 54.1 Å². The average molecular weight is 421 g/mol. The molecule has 5 rings (SSSR count). The van der Waals surface area contributed by atoms with E-state index in [9.17, 15) is 4.39 Å². The molecule has 1 aliphatic heterocycles. The van der Waals surface area contributed by atoms with Crippen molar-refractivity contribution in [2.24, 2.45) is 0 Å². The standard InChI is InChI=1S/C22H24FN7O/c1-14-12-28(10-11-29(14)16-8-6-15(23)7-9-16)13-19-25-21-17-4-3-5-18(31-2)20(17)26-22(24)30(21)27-19/h3-9,14H,10-13H2,1-2H3,(H2,24,26)/t14-/m0/s1. The zero-order chi connectivity index (χ0) is 21.5. The molecule has 0 saturated carbocycles. The monoisotopic (exact) mass is 421 g/mol. The number of anilines is 2. The molecule has 2 aromatic heterocycles. The van der Waals surface area contributed by atoms with Crippen molar-refractivity contribution >= 4 is 28.2 Å². The molecule has 0 radical (unpaired) electrons. The van der Waals surface area contributed by atoms with Gasteiger partial charge in [-0.1, -0.05) is 6.07 Å². The minimum Gasteiger partial charge on any atom is -0.494 e. The fourth-order valence-corrected chi connectivity index (χ4v) is 4.29. The first-order valence-corrected chi connectivity index (χ1v) is 10.3. The molecule has 1 fully saturated rings. The lowest BCUT2D eigenvalue weighted by atomic mass is 10.1. The van der Waals surface area contributed by atoms with Crippen molar-refractivity contribution in [2.75, 3.05) is 37.4 Å². The minimum atomic E-state index is -0.216. The van der Waals surface area contributed by atoms with Gasteiger partial charge in [0.05, 0.1) is 13.7 Å². The summed E-state index contributed by atoms with van der Waals surface area (Å²) >= 11 is 0. The maximum atomic E-state index is 13.2. The number of halogens is 1. The summed E-state index contributed by atoms with van der Waals surface area (Å²) in [6.07, 6.45) is 0. The zero-order valence-corrected chi connectivity index (χ0v) is 17.5. The van der Waals surface area contributed by atoms with E-state index in [1.54, 1.807) is 11.6 Å². The molecule has 1 aliphatic rings. The van der Waals surface area contributed by atoms with Crippen molar-refractivity contribution in [3.63, 3.8) is 0 Å². The van der Waals surface area contributed by atoms with Crippen molar-refractivity contribution in [2.45, 2.75) is 19.5 Å². The van der Waals surface area contributed by atoms with Gasteiger partial charge in [0.15, 0.2) is 11.5 Å². The van der Waals surface area contributed by atoms with Crippen LogP contribution < -0.4 is 15.4 Å². The van der Waals surface area contributed by atoms with Gasteiger partial charge >= 0.3 is 0 Å². The Bertz CT molecular complexity index is 1240. The van der Waals surface area contributed by atoms with Crippen LogP contribution in [0.15, 0.2) is 42.5 Å². The van der Waals surface area contributed by atoms with Gasteiger partial charge in [0.2, 0.25) is 5.95 Å². The molecule has 0 unspecified atom stereocenters. The molecule has 3 heterocycles. The van der Waals surface area contributed by atoms with E-state index >= 15 is 0 Å². The molecule has 8 nitrogen and oxygen atoms in total. The van der Waals surface area contributed by atoms with Gasteiger partial charge in [-0.15, -0.1) is 5.10 Å². The summed E-state index contributed by atoms with van der Waals surface area (Å²) in [5, 5.41) is 5.45. The number of para-hydroxylation sites is 1. The molecule has 1 atom stereocenters. The highest BCUT2D eigenvalue weighted by molar-refractivity contribution is 5.95.